The third kappa shape index (κ3) is 2.51. The number of aliphatic carboxylic acids is 1. The number of fused-ring (bicyclic) bond motifs is 1. The van der Waals surface area contributed by atoms with Gasteiger partial charge in [0.05, 0.1) is 12.3 Å². The van der Waals surface area contributed by atoms with Gasteiger partial charge in [0.1, 0.15) is 0 Å². The maximum Gasteiger partial charge on any atom is 0.311 e. The zero-order valence-corrected chi connectivity index (χ0v) is 10.1. The summed E-state index contributed by atoms with van der Waals surface area (Å²) < 4.78 is 4.92. The van der Waals surface area contributed by atoms with Crippen LogP contribution in [0.2, 0.25) is 0 Å². The maximum absolute atomic E-state index is 11.2. The first-order chi connectivity index (χ1) is 8.61. The number of carboxylic acid groups (broad SMARTS) is 1. The summed E-state index contributed by atoms with van der Waals surface area (Å²) in [5.74, 6) is -1.51. The van der Waals surface area contributed by atoms with E-state index >= 15 is 0 Å². The zero-order valence-electron chi connectivity index (χ0n) is 10.1. The van der Waals surface area contributed by atoms with Crippen molar-refractivity contribution < 1.29 is 19.4 Å². The molecule has 1 amide bonds. The van der Waals surface area contributed by atoms with Gasteiger partial charge in [0, 0.05) is 19.4 Å². The Kier molecular flexibility index (Phi) is 3.62. The molecule has 0 fully saturated rings. The molecule has 1 aromatic carbocycles. The minimum Gasteiger partial charge on any atom is -0.481 e. The molecule has 18 heavy (non-hydrogen) atoms. The second kappa shape index (κ2) is 5.18. The summed E-state index contributed by atoms with van der Waals surface area (Å²) in [5.41, 5.74) is 2.36. The molecule has 2 rings (SSSR count). The van der Waals surface area contributed by atoms with E-state index in [0.717, 1.165) is 16.8 Å². The number of carbonyl (C=O) groups excluding carboxylic acids is 1. The molecule has 96 valence electrons. The van der Waals surface area contributed by atoms with Crippen molar-refractivity contribution in [3.8, 4) is 0 Å². The Morgan fingerprint density at radius 2 is 2.33 bits per heavy atom. The van der Waals surface area contributed by atoms with Crippen LogP contribution in [0.4, 0.5) is 5.69 Å². The van der Waals surface area contributed by atoms with E-state index < -0.39 is 11.9 Å². The van der Waals surface area contributed by atoms with Crippen molar-refractivity contribution in [1.29, 1.82) is 0 Å². The van der Waals surface area contributed by atoms with Gasteiger partial charge in [0.25, 0.3) is 0 Å². The van der Waals surface area contributed by atoms with Crippen LogP contribution in [0.25, 0.3) is 0 Å². The Balaban J connectivity index is 2.24. The fourth-order valence-electron chi connectivity index (χ4n) is 2.13. The van der Waals surface area contributed by atoms with Crippen molar-refractivity contribution in [2.45, 2.75) is 18.8 Å². The van der Waals surface area contributed by atoms with Gasteiger partial charge in [-0.1, -0.05) is 12.1 Å². The topological polar surface area (TPSA) is 75.6 Å². The largest absolute Gasteiger partial charge is 0.481 e. The number of amides is 1. The van der Waals surface area contributed by atoms with Gasteiger partial charge in [0.15, 0.2) is 0 Å². The SMILES string of the molecule is COCCC(C(=O)O)c1ccc2c(c1)CC(=O)N2. The van der Waals surface area contributed by atoms with Gasteiger partial charge in [0.2, 0.25) is 5.91 Å². The van der Waals surface area contributed by atoms with Crippen molar-refractivity contribution in [2.24, 2.45) is 0 Å². The van der Waals surface area contributed by atoms with Gasteiger partial charge in [-0.2, -0.15) is 0 Å². The quantitative estimate of drug-likeness (QED) is 0.826. The Labute approximate surface area is 105 Å². The molecule has 1 atom stereocenters. The molecular weight excluding hydrogens is 234 g/mol. The molecule has 0 aliphatic carbocycles. The molecule has 0 spiro atoms. The van der Waals surface area contributed by atoms with Crippen LogP contribution in [-0.2, 0) is 20.7 Å². The summed E-state index contributed by atoms with van der Waals surface area (Å²) in [7, 11) is 1.55. The molecule has 1 unspecified atom stereocenters. The van der Waals surface area contributed by atoms with E-state index in [-0.39, 0.29) is 5.91 Å². The molecule has 1 heterocycles. The summed E-state index contributed by atoms with van der Waals surface area (Å²) in [4.78, 5) is 22.5. The molecule has 1 aliphatic heterocycles. The number of rotatable bonds is 5. The fourth-order valence-corrected chi connectivity index (χ4v) is 2.13. The second-order valence-corrected chi connectivity index (χ2v) is 4.31. The number of anilines is 1. The van der Waals surface area contributed by atoms with E-state index in [4.69, 9.17) is 4.74 Å². The van der Waals surface area contributed by atoms with Crippen LogP contribution in [0.15, 0.2) is 18.2 Å². The van der Waals surface area contributed by atoms with Crippen LogP contribution >= 0.6 is 0 Å². The molecule has 0 saturated carbocycles. The average Bonchev–Trinajstić information content (AvgIpc) is 2.68. The van der Waals surface area contributed by atoms with Gasteiger partial charge in [-0.05, 0) is 23.6 Å². The predicted molar refractivity (Wildman–Crippen MR) is 65.6 cm³/mol. The van der Waals surface area contributed by atoms with Crippen LogP contribution in [0.3, 0.4) is 0 Å². The lowest BCUT2D eigenvalue weighted by Gasteiger charge is -2.13. The summed E-state index contributed by atoms with van der Waals surface area (Å²) in [6, 6.07) is 5.30. The normalized spacial score (nSPS) is 15.1. The Morgan fingerprint density at radius 1 is 1.56 bits per heavy atom. The highest BCUT2D eigenvalue weighted by Crippen LogP contribution is 2.28. The number of benzene rings is 1. The van der Waals surface area contributed by atoms with Gasteiger partial charge in [-0.15, -0.1) is 0 Å². The smallest absolute Gasteiger partial charge is 0.311 e. The van der Waals surface area contributed by atoms with Crippen molar-refractivity contribution >= 4 is 17.6 Å². The van der Waals surface area contributed by atoms with Crippen molar-refractivity contribution in [3.63, 3.8) is 0 Å². The van der Waals surface area contributed by atoms with E-state index in [1.165, 1.54) is 0 Å². The van der Waals surface area contributed by atoms with Crippen LogP contribution in [-0.4, -0.2) is 30.7 Å². The highest BCUT2D eigenvalue weighted by molar-refractivity contribution is 5.99. The number of nitrogens with one attached hydrogen (secondary N) is 1. The highest BCUT2D eigenvalue weighted by atomic mass is 16.5. The number of methoxy groups -OCH3 is 1. The minimum absolute atomic E-state index is 0.0501. The monoisotopic (exact) mass is 249 g/mol. The third-order valence-electron chi connectivity index (χ3n) is 3.07. The predicted octanol–water partition coefficient (Wildman–Crippen LogP) is 1.39. The van der Waals surface area contributed by atoms with Crippen LogP contribution in [0.5, 0.6) is 0 Å². The van der Waals surface area contributed by atoms with Gasteiger partial charge >= 0.3 is 5.97 Å². The number of carboxylic acids is 1. The van der Waals surface area contributed by atoms with Crippen molar-refractivity contribution in [2.75, 3.05) is 19.0 Å². The second-order valence-electron chi connectivity index (χ2n) is 4.31. The molecule has 0 saturated heterocycles. The van der Waals surface area contributed by atoms with Crippen molar-refractivity contribution in [1.82, 2.24) is 0 Å². The number of hydrogen-bond acceptors (Lipinski definition) is 3. The average molecular weight is 249 g/mol. The molecule has 0 radical (unpaired) electrons. The number of ether oxygens (including phenoxy) is 1. The lowest BCUT2D eigenvalue weighted by Crippen LogP contribution is -2.14. The maximum atomic E-state index is 11.2. The summed E-state index contributed by atoms with van der Waals surface area (Å²) in [6.07, 6.45) is 0.742. The zero-order chi connectivity index (χ0) is 13.1. The van der Waals surface area contributed by atoms with Gasteiger partial charge < -0.3 is 15.2 Å². The molecule has 0 bridgehead atoms. The first-order valence-electron chi connectivity index (χ1n) is 5.76. The summed E-state index contributed by atoms with van der Waals surface area (Å²) >= 11 is 0. The lowest BCUT2D eigenvalue weighted by molar-refractivity contribution is -0.139. The van der Waals surface area contributed by atoms with Crippen LogP contribution < -0.4 is 5.32 Å². The lowest BCUT2D eigenvalue weighted by atomic mass is 9.94. The fraction of sp³-hybridized carbons (Fsp3) is 0.385. The first kappa shape index (κ1) is 12.6. The van der Waals surface area contributed by atoms with E-state index in [0.29, 0.717) is 19.4 Å². The van der Waals surface area contributed by atoms with E-state index in [1.807, 2.05) is 0 Å². The minimum atomic E-state index is -0.871. The highest BCUT2D eigenvalue weighted by Gasteiger charge is 2.23. The molecule has 0 aromatic heterocycles. The van der Waals surface area contributed by atoms with Crippen molar-refractivity contribution in [3.05, 3.63) is 29.3 Å². The summed E-state index contributed by atoms with van der Waals surface area (Å²) in [5, 5.41) is 11.9. The standard InChI is InChI=1S/C13H15NO4/c1-18-5-4-10(13(16)17)8-2-3-11-9(6-8)7-12(15)14-11/h2-3,6,10H,4-5,7H2,1H3,(H,14,15)(H,16,17). The Hall–Kier alpha value is -1.88. The molecule has 5 heteroatoms. The van der Waals surface area contributed by atoms with Crippen LogP contribution in [0.1, 0.15) is 23.5 Å². The molecule has 1 aliphatic rings. The van der Waals surface area contributed by atoms with E-state index in [9.17, 15) is 14.7 Å². The van der Waals surface area contributed by atoms with E-state index in [1.54, 1.807) is 25.3 Å². The molecular formula is C13H15NO4. The number of hydrogen-bond donors (Lipinski definition) is 2. The number of carbonyl (C=O) groups is 2. The molecule has 5 nitrogen and oxygen atoms in total. The van der Waals surface area contributed by atoms with E-state index in [2.05, 4.69) is 5.32 Å². The van der Waals surface area contributed by atoms with Gasteiger partial charge in [-0.3, -0.25) is 9.59 Å². The Bertz CT molecular complexity index is 484. The third-order valence-corrected chi connectivity index (χ3v) is 3.07. The van der Waals surface area contributed by atoms with Gasteiger partial charge in [-0.25, -0.2) is 0 Å². The molecule has 1 aromatic rings. The summed E-state index contributed by atoms with van der Waals surface area (Å²) in [6.45, 7) is 0.394. The Morgan fingerprint density at radius 3 is 3.00 bits per heavy atom. The first-order valence-corrected chi connectivity index (χ1v) is 5.76. The van der Waals surface area contributed by atoms with Crippen LogP contribution in [0, 0.1) is 0 Å². The molecule has 2 N–H and O–H groups in total.